The Hall–Kier alpha value is -2.89. The maximum Gasteiger partial charge on any atom is 0.314 e. The highest BCUT2D eigenvalue weighted by atomic mass is 16.5. The fourth-order valence-electron chi connectivity index (χ4n) is 7.88. The van der Waals surface area contributed by atoms with Gasteiger partial charge < -0.3 is 30.8 Å². The lowest BCUT2D eigenvalue weighted by Crippen LogP contribution is -2.55. The first-order valence-electron chi connectivity index (χ1n) is 13.6. The van der Waals surface area contributed by atoms with Crippen LogP contribution in [-0.4, -0.2) is 81.6 Å². The lowest BCUT2D eigenvalue weighted by molar-refractivity contribution is -0.148. The second kappa shape index (κ2) is 8.85. The molecule has 3 unspecified atom stereocenters. The molecule has 37 heavy (non-hydrogen) atoms. The Kier molecular flexibility index (Phi) is 5.56. The molecule has 4 heterocycles. The van der Waals surface area contributed by atoms with E-state index < -0.39 is 17.4 Å². The van der Waals surface area contributed by atoms with E-state index in [1.54, 1.807) is 0 Å². The summed E-state index contributed by atoms with van der Waals surface area (Å²) in [5, 5.41) is 25.0. The van der Waals surface area contributed by atoms with Gasteiger partial charge in [-0.3, -0.25) is 19.2 Å². The quantitative estimate of drug-likeness (QED) is 0.383. The number of carbonyl (C=O) groups excluding carboxylic acids is 2. The van der Waals surface area contributed by atoms with E-state index in [0.29, 0.717) is 56.4 Å². The monoisotopic (exact) mass is 509 g/mol. The summed E-state index contributed by atoms with van der Waals surface area (Å²) in [5.41, 5.74) is 2.39. The molecule has 1 saturated heterocycles. The number of aromatic nitrogens is 3. The molecule has 5 atom stereocenters. The smallest absolute Gasteiger partial charge is 0.314 e. The normalized spacial score (nSPS) is 31.9. The highest BCUT2D eigenvalue weighted by Gasteiger charge is 2.56. The zero-order valence-corrected chi connectivity index (χ0v) is 21.0. The molecule has 2 aromatic heterocycles. The van der Waals surface area contributed by atoms with Crippen molar-refractivity contribution in [2.45, 2.75) is 50.3 Å². The number of carbonyl (C=O) groups is 2. The Balaban J connectivity index is 1.13. The van der Waals surface area contributed by atoms with Crippen molar-refractivity contribution >= 4 is 23.5 Å². The zero-order valence-electron chi connectivity index (χ0n) is 21.0. The lowest BCUT2D eigenvalue weighted by Gasteiger charge is -2.58. The first-order valence-corrected chi connectivity index (χ1v) is 13.6. The summed E-state index contributed by atoms with van der Waals surface area (Å²) in [6, 6.07) is 2.21. The van der Waals surface area contributed by atoms with Crippen molar-refractivity contribution in [3.8, 4) is 11.3 Å². The number of fused-ring (bicyclic) bond motifs is 3. The maximum atomic E-state index is 12.9. The highest BCUT2D eigenvalue weighted by Crippen LogP contribution is 2.60. The SMILES string of the molecule is O=C(NCCN1CCOCC1)C(=O)Nc1nn(C2[C@@H]3CC4C[C@H]2CC(O)(C4)C3)c2c1CNc1[nH]ccc1-2. The van der Waals surface area contributed by atoms with Gasteiger partial charge in [0, 0.05) is 50.0 Å². The minimum absolute atomic E-state index is 0.180. The number of nitrogens with one attached hydrogen (secondary N) is 4. The van der Waals surface area contributed by atoms with Crippen LogP contribution in [0.3, 0.4) is 0 Å². The summed E-state index contributed by atoms with van der Waals surface area (Å²) in [4.78, 5) is 31.0. The number of aromatic amines is 1. The molecule has 8 rings (SSSR count). The minimum Gasteiger partial charge on any atom is -0.390 e. The summed E-state index contributed by atoms with van der Waals surface area (Å²) in [7, 11) is 0. The molecule has 6 aliphatic rings. The van der Waals surface area contributed by atoms with Crippen LogP contribution >= 0.6 is 0 Å². The first kappa shape index (κ1) is 23.2. The topological polar surface area (TPSA) is 137 Å². The van der Waals surface area contributed by atoms with Crippen LogP contribution in [-0.2, 0) is 20.9 Å². The van der Waals surface area contributed by atoms with Gasteiger partial charge in [0.25, 0.3) is 0 Å². The molecule has 4 saturated carbocycles. The minimum atomic E-state index is -0.700. The lowest BCUT2D eigenvalue weighted by atomic mass is 9.52. The first-order chi connectivity index (χ1) is 18.0. The average molecular weight is 510 g/mol. The van der Waals surface area contributed by atoms with Crippen LogP contribution < -0.4 is 16.0 Å². The van der Waals surface area contributed by atoms with Crippen molar-refractivity contribution < 1.29 is 19.4 Å². The number of morpholine rings is 1. The molecule has 0 spiro atoms. The number of nitrogens with zero attached hydrogens (tertiary/aromatic N) is 3. The molecule has 4 bridgehead atoms. The molecule has 0 radical (unpaired) electrons. The van der Waals surface area contributed by atoms with Gasteiger partial charge in [-0.25, -0.2) is 0 Å². The standard InChI is InChI=1S/C26H35N7O4/c34-24(28-3-4-32-5-7-37-8-6-32)25(35)30-23-19-14-29-22-18(1-2-27-22)21(19)33(31-23)20-16-9-15-10-17(20)13-26(36,11-15)12-16/h1-2,15-17,20,27,29,36H,3-14H2,(H,28,34)(H,30,31,35)/t15?,16-,17+,20?,26?. The Morgan fingerprint density at radius 3 is 2.70 bits per heavy atom. The predicted octanol–water partition coefficient (Wildman–Crippen LogP) is 1.30. The molecule has 2 aliphatic heterocycles. The van der Waals surface area contributed by atoms with E-state index in [9.17, 15) is 14.7 Å². The summed E-state index contributed by atoms with van der Waals surface area (Å²) in [5.74, 6) is 1.35. The van der Waals surface area contributed by atoms with Crippen molar-refractivity contribution in [1.82, 2.24) is 25.0 Å². The second-order valence-electron chi connectivity index (χ2n) is 11.6. The van der Waals surface area contributed by atoms with Crippen LogP contribution in [0.1, 0.15) is 43.7 Å². The summed E-state index contributed by atoms with van der Waals surface area (Å²) in [6.07, 6.45) is 6.68. The van der Waals surface area contributed by atoms with Crippen LogP contribution in [0.2, 0.25) is 0 Å². The number of amides is 2. The summed E-state index contributed by atoms with van der Waals surface area (Å²) >= 11 is 0. The Labute approximate surface area is 215 Å². The van der Waals surface area contributed by atoms with Gasteiger partial charge in [0.1, 0.15) is 5.82 Å². The molecule has 5 N–H and O–H groups in total. The molecule has 5 fully saturated rings. The van der Waals surface area contributed by atoms with E-state index in [1.165, 1.54) is 0 Å². The molecule has 2 aromatic rings. The van der Waals surface area contributed by atoms with E-state index in [0.717, 1.165) is 67.8 Å². The Morgan fingerprint density at radius 2 is 1.95 bits per heavy atom. The van der Waals surface area contributed by atoms with Gasteiger partial charge in [0.15, 0.2) is 5.82 Å². The average Bonchev–Trinajstić information content (AvgIpc) is 3.48. The van der Waals surface area contributed by atoms with Crippen LogP contribution in [0.15, 0.2) is 12.3 Å². The van der Waals surface area contributed by atoms with Gasteiger partial charge in [-0.1, -0.05) is 0 Å². The van der Waals surface area contributed by atoms with Crippen molar-refractivity contribution in [2.24, 2.45) is 17.8 Å². The third-order valence-electron chi connectivity index (χ3n) is 9.18. The molecule has 2 amide bonds. The molecule has 4 aliphatic carbocycles. The third kappa shape index (κ3) is 4.04. The molecule has 11 nitrogen and oxygen atoms in total. The largest absolute Gasteiger partial charge is 0.390 e. The van der Waals surface area contributed by atoms with E-state index in [-0.39, 0.29) is 6.04 Å². The van der Waals surface area contributed by atoms with Crippen molar-refractivity contribution in [1.29, 1.82) is 0 Å². The van der Waals surface area contributed by atoms with Crippen LogP contribution in [0.25, 0.3) is 11.3 Å². The van der Waals surface area contributed by atoms with Crippen LogP contribution in [0.5, 0.6) is 0 Å². The molecular formula is C26H35N7O4. The fraction of sp³-hybridized carbons (Fsp3) is 0.654. The van der Waals surface area contributed by atoms with Crippen molar-refractivity contribution in [2.75, 3.05) is 50.0 Å². The molecule has 198 valence electrons. The molecule has 11 heteroatoms. The van der Waals surface area contributed by atoms with Gasteiger partial charge >= 0.3 is 11.8 Å². The Bertz CT molecular complexity index is 1200. The highest BCUT2D eigenvalue weighted by molar-refractivity contribution is 6.39. The van der Waals surface area contributed by atoms with Crippen LogP contribution in [0, 0.1) is 17.8 Å². The molecule has 0 aromatic carbocycles. The number of aliphatic hydroxyl groups is 1. The van der Waals surface area contributed by atoms with Gasteiger partial charge in [-0.05, 0) is 55.9 Å². The fourth-order valence-corrected chi connectivity index (χ4v) is 7.88. The number of rotatable bonds is 5. The third-order valence-corrected chi connectivity index (χ3v) is 9.18. The van der Waals surface area contributed by atoms with E-state index in [1.807, 2.05) is 12.3 Å². The van der Waals surface area contributed by atoms with E-state index in [2.05, 4.69) is 30.5 Å². The predicted molar refractivity (Wildman–Crippen MR) is 136 cm³/mol. The van der Waals surface area contributed by atoms with Gasteiger partial charge in [0.05, 0.1) is 30.6 Å². The summed E-state index contributed by atoms with van der Waals surface area (Å²) in [6.45, 7) is 4.66. The number of H-pyrrole nitrogens is 1. The Morgan fingerprint density at radius 1 is 1.16 bits per heavy atom. The second-order valence-corrected chi connectivity index (χ2v) is 11.6. The van der Waals surface area contributed by atoms with Crippen molar-refractivity contribution in [3.05, 3.63) is 17.8 Å². The number of anilines is 2. The van der Waals surface area contributed by atoms with Gasteiger partial charge in [0.2, 0.25) is 0 Å². The number of ether oxygens (including phenoxy) is 1. The van der Waals surface area contributed by atoms with Gasteiger partial charge in [-0.2, -0.15) is 5.10 Å². The maximum absolute atomic E-state index is 12.9. The van der Waals surface area contributed by atoms with E-state index >= 15 is 0 Å². The van der Waals surface area contributed by atoms with E-state index in [4.69, 9.17) is 9.84 Å². The van der Waals surface area contributed by atoms with Gasteiger partial charge in [-0.15, -0.1) is 0 Å². The van der Waals surface area contributed by atoms with Crippen molar-refractivity contribution in [3.63, 3.8) is 0 Å². The summed E-state index contributed by atoms with van der Waals surface area (Å²) < 4.78 is 7.47. The number of hydrogen-bond acceptors (Lipinski definition) is 7. The zero-order chi connectivity index (χ0) is 25.1. The number of hydrogen-bond donors (Lipinski definition) is 5. The van der Waals surface area contributed by atoms with Crippen LogP contribution in [0.4, 0.5) is 11.6 Å². The molecular weight excluding hydrogens is 474 g/mol.